The largest absolute Gasteiger partial charge is 0.325 e. The summed E-state index contributed by atoms with van der Waals surface area (Å²) < 4.78 is 0. The van der Waals surface area contributed by atoms with E-state index in [-0.39, 0.29) is 17.7 Å². The minimum atomic E-state index is -0.301. The summed E-state index contributed by atoms with van der Waals surface area (Å²) in [4.78, 5) is 31.5. The Labute approximate surface area is 186 Å². The van der Waals surface area contributed by atoms with Crippen molar-refractivity contribution in [2.45, 2.75) is 52.9 Å². The van der Waals surface area contributed by atoms with Gasteiger partial charge in [-0.2, -0.15) is 0 Å². The van der Waals surface area contributed by atoms with Crippen molar-refractivity contribution in [3.63, 3.8) is 0 Å². The van der Waals surface area contributed by atoms with E-state index in [0.29, 0.717) is 10.7 Å². The number of hydrogen-bond donors (Lipinski definition) is 2. The maximum absolute atomic E-state index is 13.2. The van der Waals surface area contributed by atoms with Gasteiger partial charge in [-0.1, -0.05) is 35.4 Å². The fourth-order valence-electron chi connectivity index (χ4n) is 4.19. The van der Waals surface area contributed by atoms with Gasteiger partial charge < -0.3 is 5.32 Å². The summed E-state index contributed by atoms with van der Waals surface area (Å²) in [5.74, 6) is -0.513. The predicted octanol–water partition coefficient (Wildman–Crippen LogP) is 5.69. The first-order chi connectivity index (χ1) is 14.8. The van der Waals surface area contributed by atoms with Crippen LogP contribution in [0.2, 0.25) is 0 Å². The standard InChI is InChI=1S/C25H27N3O2S/c1-14-8-10-18(11-9-14)23(29)28-25-27-22-19(6-5-7-20(22)31-25)24(30)26-21-16(3)12-15(2)13-17(21)4/h8-13,19H,5-7H2,1-4H3,(H,26,30)(H,27,28,29). The van der Waals surface area contributed by atoms with Crippen molar-refractivity contribution in [3.05, 3.63) is 74.8 Å². The summed E-state index contributed by atoms with van der Waals surface area (Å²) in [6, 6.07) is 11.6. The maximum Gasteiger partial charge on any atom is 0.257 e. The van der Waals surface area contributed by atoms with Crippen LogP contribution in [0.15, 0.2) is 36.4 Å². The number of amides is 2. The third kappa shape index (κ3) is 4.54. The molecule has 3 aromatic rings. The van der Waals surface area contributed by atoms with Crippen molar-refractivity contribution < 1.29 is 9.59 Å². The maximum atomic E-state index is 13.2. The number of benzene rings is 2. The number of carbonyl (C=O) groups is 2. The van der Waals surface area contributed by atoms with Gasteiger partial charge in [0.05, 0.1) is 11.6 Å². The van der Waals surface area contributed by atoms with E-state index in [9.17, 15) is 9.59 Å². The molecule has 0 radical (unpaired) electrons. The number of hydrogen-bond acceptors (Lipinski definition) is 4. The molecule has 160 valence electrons. The average molecular weight is 434 g/mol. The Morgan fingerprint density at radius 2 is 1.65 bits per heavy atom. The molecule has 0 saturated heterocycles. The molecule has 5 nitrogen and oxygen atoms in total. The van der Waals surface area contributed by atoms with E-state index in [2.05, 4.69) is 34.7 Å². The number of nitrogens with zero attached hydrogens (tertiary/aromatic N) is 1. The molecule has 4 rings (SSSR count). The number of nitrogens with one attached hydrogen (secondary N) is 2. The van der Waals surface area contributed by atoms with Crippen molar-refractivity contribution in [1.29, 1.82) is 0 Å². The van der Waals surface area contributed by atoms with E-state index in [0.717, 1.165) is 52.2 Å². The summed E-state index contributed by atoms with van der Waals surface area (Å²) in [5.41, 5.74) is 6.69. The van der Waals surface area contributed by atoms with Gasteiger partial charge in [-0.15, -0.1) is 11.3 Å². The van der Waals surface area contributed by atoms with E-state index in [1.165, 1.54) is 16.9 Å². The minimum absolute atomic E-state index is 0.0299. The van der Waals surface area contributed by atoms with Gasteiger partial charge in [0.25, 0.3) is 5.91 Å². The minimum Gasteiger partial charge on any atom is -0.325 e. The lowest BCUT2D eigenvalue weighted by atomic mass is 9.90. The Morgan fingerprint density at radius 1 is 0.968 bits per heavy atom. The van der Waals surface area contributed by atoms with Crippen LogP contribution in [0.5, 0.6) is 0 Å². The summed E-state index contributed by atoms with van der Waals surface area (Å²) in [6.45, 7) is 8.08. The summed E-state index contributed by atoms with van der Waals surface area (Å²) in [6.07, 6.45) is 2.59. The Hall–Kier alpha value is -2.99. The zero-order valence-electron chi connectivity index (χ0n) is 18.3. The lowest BCUT2D eigenvalue weighted by molar-refractivity contribution is -0.118. The topological polar surface area (TPSA) is 71.1 Å². The van der Waals surface area contributed by atoms with Crippen LogP contribution in [0.25, 0.3) is 0 Å². The first kappa shape index (κ1) is 21.2. The molecule has 1 unspecified atom stereocenters. The van der Waals surface area contributed by atoms with Crippen molar-refractivity contribution in [1.82, 2.24) is 4.98 Å². The first-order valence-corrected chi connectivity index (χ1v) is 11.4. The van der Waals surface area contributed by atoms with Crippen LogP contribution in [0.1, 0.15) is 61.9 Å². The fourth-order valence-corrected chi connectivity index (χ4v) is 5.25. The molecule has 2 N–H and O–H groups in total. The Morgan fingerprint density at radius 3 is 2.32 bits per heavy atom. The van der Waals surface area contributed by atoms with Gasteiger partial charge in [0.1, 0.15) is 0 Å². The van der Waals surface area contributed by atoms with Crippen molar-refractivity contribution >= 4 is 34.0 Å². The highest BCUT2D eigenvalue weighted by Gasteiger charge is 2.31. The lowest BCUT2D eigenvalue weighted by Crippen LogP contribution is -2.25. The molecule has 0 saturated carbocycles. The zero-order chi connectivity index (χ0) is 22.1. The van der Waals surface area contributed by atoms with Crippen LogP contribution >= 0.6 is 11.3 Å². The molecule has 2 aromatic carbocycles. The summed E-state index contributed by atoms with van der Waals surface area (Å²) in [5, 5.41) is 6.59. The molecule has 31 heavy (non-hydrogen) atoms. The summed E-state index contributed by atoms with van der Waals surface area (Å²) in [7, 11) is 0. The second-order valence-corrected chi connectivity index (χ2v) is 9.44. The van der Waals surface area contributed by atoms with Crippen LogP contribution in [0.4, 0.5) is 10.8 Å². The molecule has 0 spiro atoms. The molecule has 1 aliphatic rings. The zero-order valence-corrected chi connectivity index (χ0v) is 19.2. The Bertz CT molecular complexity index is 1130. The van der Waals surface area contributed by atoms with Gasteiger partial charge in [-0.3, -0.25) is 14.9 Å². The van der Waals surface area contributed by atoms with Gasteiger partial charge in [-0.05, 0) is 70.2 Å². The van der Waals surface area contributed by atoms with Gasteiger partial charge in [0, 0.05) is 16.1 Å². The second-order valence-electron chi connectivity index (χ2n) is 8.36. The molecule has 1 aliphatic carbocycles. The molecule has 0 fully saturated rings. The van der Waals surface area contributed by atoms with Crippen LogP contribution in [0.3, 0.4) is 0 Å². The Kier molecular flexibility index (Phi) is 5.92. The molecule has 1 atom stereocenters. The average Bonchev–Trinajstić information content (AvgIpc) is 3.13. The predicted molar refractivity (Wildman–Crippen MR) is 126 cm³/mol. The van der Waals surface area contributed by atoms with Crippen molar-refractivity contribution in [2.75, 3.05) is 10.6 Å². The SMILES string of the molecule is Cc1ccc(C(=O)Nc2nc3c(s2)CCCC3C(=O)Nc2c(C)cc(C)cc2C)cc1. The molecule has 2 amide bonds. The van der Waals surface area contributed by atoms with E-state index in [1.54, 1.807) is 12.1 Å². The fraction of sp³-hybridized carbons (Fsp3) is 0.320. The third-order valence-electron chi connectivity index (χ3n) is 5.73. The molecule has 0 bridgehead atoms. The highest BCUT2D eigenvalue weighted by atomic mass is 32.1. The molecule has 1 heterocycles. The van der Waals surface area contributed by atoms with Crippen LogP contribution in [0, 0.1) is 27.7 Å². The lowest BCUT2D eigenvalue weighted by Gasteiger charge is -2.22. The number of rotatable bonds is 4. The second kappa shape index (κ2) is 8.63. The van der Waals surface area contributed by atoms with Gasteiger partial charge in [0.2, 0.25) is 5.91 Å². The number of carbonyl (C=O) groups excluding carboxylic acids is 2. The highest BCUT2D eigenvalue weighted by Crippen LogP contribution is 2.38. The van der Waals surface area contributed by atoms with Gasteiger partial charge in [0.15, 0.2) is 5.13 Å². The number of aromatic nitrogens is 1. The van der Waals surface area contributed by atoms with Crippen LogP contribution in [-0.2, 0) is 11.2 Å². The summed E-state index contributed by atoms with van der Waals surface area (Å²) >= 11 is 1.47. The van der Waals surface area contributed by atoms with Crippen LogP contribution < -0.4 is 10.6 Å². The van der Waals surface area contributed by atoms with E-state index in [4.69, 9.17) is 0 Å². The monoisotopic (exact) mass is 433 g/mol. The smallest absolute Gasteiger partial charge is 0.257 e. The molecular formula is C25H27N3O2S. The highest BCUT2D eigenvalue weighted by molar-refractivity contribution is 7.16. The molecular weight excluding hydrogens is 406 g/mol. The van der Waals surface area contributed by atoms with Crippen molar-refractivity contribution in [3.8, 4) is 0 Å². The first-order valence-electron chi connectivity index (χ1n) is 10.6. The molecule has 0 aliphatic heterocycles. The quantitative estimate of drug-likeness (QED) is 0.555. The van der Waals surface area contributed by atoms with E-state index >= 15 is 0 Å². The number of anilines is 2. The van der Waals surface area contributed by atoms with Gasteiger partial charge in [-0.25, -0.2) is 4.98 Å². The van der Waals surface area contributed by atoms with E-state index in [1.807, 2.05) is 32.9 Å². The van der Waals surface area contributed by atoms with Gasteiger partial charge >= 0.3 is 0 Å². The normalized spacial score (nSPS) is 15.3. The number of fused-ring (bicyclic) bond motifs is 1. The Balaban J connectivity index is 1.53. The van der Waals surface area contributed by atoms with Crippen molar-refractivity contribution in [2.24, 2.45) is 0 Å². The number of thiazole rings is 1. The number of aryl methyl sites for hydroxylation is 5. The molecule has 1 aromatic heterocycles. The van der Waals surface area contributed by atoms with Crippen LogP contribution in [-0.4, -0.2) is 16.8 Å². The van der Waals surface area contributed by atoms with E-state index < -0.39 is 0 Å². The molecule has 6 heteroatoms. The third-order valence-corrected chi connectivity index (χ3v) is 6.78.